The predicted molar refractivity (Wildman–Crippen MR) is 139 cm³/mol. The summed E-state index contributed by atoms with van der Waals surface area (Å²) in [5.74, 6) is -1.05. The topological polar surface area (TPSA) is 134 Å². The van der Waals surface area contributed by atoms with Gasteiger partial charge in [0.05, 0.1) is 29.0 Å². The van der Waals surface area contributed by atoms with E-state index in [1.165, 1.54) is 0 Å². The molecule has 37 heavy (non-hydrogen) atoms. The van der Waals surface area contributed by atoms with Gasteiger partial charge in [-0.1, -0.05) is 27.2 Å². The number of benzene rings is 1. The maximum absolute atomic E-state index is 13.5. The molecule has 9 nitrogen and oxygen atoms in total. The molecule has 3 aromatic rings. The smallest absolute Gasteiger partial charge is 0.352 e. The number of phenols is 1. The van der Waals surface area contributed by atoms with Crippen LogP contribution in [0.15, 0.2) is 29.1 Å². The quantitative estimate of drug-likeness (QED) is 0.284. The van der Waals surface area contributed by atoms with Gasteiger partial charge in [-0.15, -0.1) is 0 Å². The lowest BCUT2D eigenvalue weighted by Gasteiger charge is -2.25. The summed E-state index contributed by atoms with van der Waals surface area (Å²) >= 11 is 0. The third-order valence-electron chi connectivity index (χ3n) is 6.72. The minimum Gasteiger partial charge on any atom is -0.508 e. The number of esters is 2. The van der Waals surface area contributed by atoms with Gasteiger partial charge in [0.2, 0.25) is 6.10 Å². The first-order chi connectivity index (χ1) is 17.9. The van der Waals surface area contributed by atoms with E-state index in [2.05, 4.69) is 0 Å². The van der Waals surface area contributed by atoms with E-state index in [0.29, 0.717) is 54.0 Å². The Morgan fingerprint density at radius 3 is 2.70 bits per heavy atom. The van der Waals surface area contributed by atoms with E-state index in [1.807, 2.05) is 20.8 Å². The van der Waals surface area contributed by atoms with Crippen LogP contribution in [0.4, 0.5) is 0 Å². The van der Waals surface area contributed by atoms with Crippen molar-refractivity contribution in [2.24, 2.45) is 5.73 Å². The number of hydrogen-bond donors (Lipinski definition) is 2. The zero-order valence-electron chi connectivity index (χ0n) is 21.5. The minimum atomic E-state index is -1.29. The summed E-state index contributed by atoms with van der Waals surface area (Å²) in [6, 6.07) is 6.74. The molecule has 0 saturated heterocycles. The molecule has 0 spiro atoms. The summed E-state index contributed by atoms with van der Waals surface area (Å²) in [7, 11) is 0. The van der Waals surface area contributed by atoms with Gasteiger partial charge in [0.25, 0.3) is 5.56 Å². The molecular weight excluding hydrogens is 474 g/mol. The van der Waals surface area contributed by atoms with Gasteiger partial charge in [-0.2, -0.15) is 0 Å². The number of carbonyl (C=O) groups is 2. The van der Waals surface area contributed by atoms with Gasteiger partial charge in [0.15, 0.2) is 0 Å². The van der Waals surface area contributed by atoms with Crippen LogP contribution in [0, 0.1) is 0 Å². The number of carbonyl (C=O) groups excluding carboxylic acids is 2. The Hall–Kier alpha value is -3.72. The van der Waals surface area contributed by atoms with Crippen molar-refractivity contribution < 1.29 is 24.2 Å². The molecule has 1 atom stereocenters. The van der Waals surface area contributed by atoms with Gasteiger partial charge in [0.1, 0.15) is 12.4 Å². The SMILES string of the molecule is CC.CCc1c2c(nc3ccc(O)cc13)-c1cc3c(c(=O)n1C2)COC(=O)[C@H]3OC(=O)CCCCCN. The van der Waals surface area contributed by atoms with Crippen LogP contribution in [0.5, 0.6) is 5.75 Å². The number of ether oxygens (including phenoxy) is 2. The summed E-state index contributed by atoms with van der Waals surface area (Å²) in [6.07, 6.45) is 1.78. The van der Waals surface area contributed by atoms with Crippen LogP contribution in [-0.4, -0.2) is 33.1 Å². The maximum atomic E-state index is 13.5. The zero-order valence-corrected chi connectivity index (χ0v) is 21.5. The molecule has 0 radical (unpaired) electrons. The number of pyridine rings is 2. The van der Waals surface area contributed by atoms with E-state index >= 15 is 0 Å². The molecule has 1 aromatic carbocycles. The van der Waals surface area contributed by atoms with Crippen molar-refractivity contribution in [2.75, 3.05) is 6.54 Å². The first kappa shape index (κ1) is 26.3. The van der Waals surface area contributed by atoms with Gasteiger partial charge in [-0.05, 0) is 55.6 Å². The summed E-state index contributed by atoms with van der Waals surface area (Å²) in [5.41, 5.74) is 9.72. The Balaban J connectivity index is 0.00000156. The number of aryl methyl sites for hydroxylation is 1. The molecule has 9 heteroatoms. The van der Waals surface area contributed by atoms with Crippen LogP contribution in [0.3, 0.4) is 0 Å². The molecule has 0 fully saturated rings. The number of unbranched alkanes of at least 4 members (excludes halogenated alkanes) is 2. The number of rotatable bonds is 7. The standard InChI is InChI=1S/C26H27N3O6.C2H6/c1-2-15-16-10-14(30)7-8-20(16)28-23-18(15)12-29-21(23)11-17-19(25(29)32)13-34-26(33)24(17)35-22(31)6-4-3-5-9-27;1-2/h7-8,10-11,24,30H,2-6,9,12-13,27H2,1H3;1-2H3/t24-;/m0./s1. The highest BCUT2D eigenvalue weighted by Gasteiger charge is 2.37. The third-order valence-corrected chi connectivity index (χ3v) is 6.72. The number of nitrogens with two attached hydrogens (primary N) is 1. The highest BCUT2D eigenvalue weighted by molar-refractivity contribution is 5.89. The lowest BCUT2D eigenvalue weighted by Crippen LogP contribution is -2.34. The second-order valence-corrected chi connectivity index (χ2v) is 8.90. The van der Waals surface area contributed by atoms with Crippen LogP contribution in [0.25, 0.3) is 22.3 Å². The second-order valence-electron chi connectivity index (χ2n) is 8.90. The molecule has 0 bridgehead atoms. The normalized spacial score (nSPS) is 15.2. The van der Waals surface area contributed by atoms with Crippen molar-refractivity contribution in [3.63, 3.8) is 0 Å². The third kappa shape index (κ3) is 4.83. The Labute approximate surface area is 215 Å². The summed E-state index contributed by atoms with van der Waals surface area (Å²) in [6.45, 7) is 6.74. The van der Waals surface area contributed by atoms with Crippen molar-refractivity contribution in [2.45, 2.75) is 72.1 Å². The fraction of sp³-hybridized carbons (Fsp3) is 0.429. The van der Waals surface area contributed by atoms with Crippen molar-refractivity contribution in [3.05, 3.63) is 56.9 Å². The lowest BCUT2D eigenvalue weighted by molar-refractivity contribution is -0.171. The van der Waals surface area contributed by atoms with Crippen LogP contribution in [0.1, 0.15) is 74.8 Å². The fourth-order valence-corrected chi connectivity index (χ4v) is 4.98. The number of nitrogens with zero attached hydrogens (tertiary/aromatic N) is 2. The van der Waals surface area contributed by atoms with Gasteiger partial charge in [-0.3, -0.25) is 9.59 Å². The van der Waals surface area contributed by atoms with Crippen molar-refractivity contribution in [1.29, 1.82) is 0 Å². The van der Waals surface area contributed by atoms with E-state index in [4.69, 9.17) is 20.2 Å². The zero-order chi connectivity index (χ0) is 26.7. The Morgan fingerprint density at radius 2 is 1.97 bits per heavy atom. The number of cyclic esters (lactones) is 1. The number of hydrogen-bond acceptors (Lipinski definition) is 8. The first-order valence-corrected chi connectivity index (χ1v) is 12.9. The van der Waals surface area contributed by atoms with Gasteiger partial charge < -0.3 is 24.9 Å². The molecule has 0 amide bonds. The molecule has 196 valence electrons. The molecule has 5 rings (SSSR count). The molecule has 3 N–H and O–H groups in total. The predicted octanol–water partition coefficient (Wildman–Crippen LogP) is 3.88. The minimum absolute atomic E-state index is 0.153. The van der Waals surface area contributed by atoms with Crippen LogP contribution in [0.2, 0.25) is 0 Å². The van der Waals surface area contributed by atoms with E-state index in [9.17, 15) is 19.5 Å². The average Bonchev–Trinajstić information content (AvgIpc) is 3.27. The molecule has 2 aliphatic rings. The second kappa shape index (κ2) is 11.1. The maximum Gasteiger partial charge on any atom is 0.352 e. The largest absolute Gasteiger partial charge is 0.508 e. The molecule has 0 unspecified atom stereocenters. The number of phenolic OH excluding ortho intramolecular Hbond substituents is 1. The summed E-state index contributed by atoms with van der Waals surface area (Å²) in [5, 5.41) is 10.8. The molecule has 0 aliphatic carbocycles. The Morgan fingerprint density at radius 1 is 1.19 bits per heavy atom. The van der Waals surface area contributed by atoms with E-state index < -0.39 is 18.0 Å². The van der Waals surface area contributed by atoms with Gasteiger partial charge >= 0.3 is 11.9 Å². The van der Waals surface area contributed by atoms with Crippen LogP contribution < -0.4 is 11.3 Å². The molecule has 4 heterocycles. The monoisotopic (exact) mass is 507 g/mol. The van der Waals surface area contributed by atoms with E-state index in [-0.39, 0.29) is 24.3 Å². The number of fused-ring (bicyclic) bond motifs is 5. The molecule has 2 aliphatic heterocycles. The van der Waals surface area contributed by atoms with Crippen LogP contribution in [-0.2, 0) is 38.6 Å². The van der Waals surface area contributed by atoms with Crippen molar-refractivity contribution >= 4 is 22.8 Å². The van der Waals surface area contributed by atoms with Crippen molar-refractivity contribution in [3.8, 4) is 17.1 Å². The van der Waals surface area contributed by atoms with E-state index in [0.717, 1.165) is 29.4 Å². The molecule has 0 saturated carbocycles. The average molecular weight is 508 g/mol. The van der Waals surface area contributed by atoms with E-state index in [1.54, 1.807) is 28.8 Å². The summed E-state index contributed by atoms with van der Waals surface area (Å²) < 4.78 is 12.3. The fourth-order valence-electron chi connectivity index (χ4n) is 4.98. The Kier molecular flexibility index (Phi) is 7.92. The number of aromatic hydroxyl groups is 1. The van der Waals surface area contributed by atoms with Crippen molar-refractivity contribution in [1.82, 2.24) is 9.55 Å². The molecule has 2 aromatic heterocycles. The van der Waals surface area contributed by atoms with Gasteiger partial charge in [-0.25, -0.2) is 9.78 Å². The summed E-state index contributed by atoms with van der Waals surface area (Å²) in [4.78, 5) is 43.2. The first-order valence-electron chi connectivity index (χ1n) is 12.9. The highest BCUT2D eigenvalue weighted by atomic mass is 16.6. The number of aromatic nitrogens is 2. The molecular formula is C28H33N3O6. The highest BCUT2D eigenvalue weighted by Crippen LogP contribution is 2.39. The lowest BCUT2D eigenvalue weighted by atomic mass is 9.97. The van der Waals surface area contributed by atoms with Gasteiger partial charge in [0, 0.05) is 22.9 Å². The van der Waals surface area contributed by atoms with Crippen LogP contribution >= 0.6 is 0 Å². The Bertz CT molecular complexity index is 1410.